The molecule has 2 aliphatic rings. The number of nitrogens with one attached hydrogen (secondary N) is 1. The highest BCUT2D eigenvalue weighted by Crippen LogP contribution is 2.40. The van der Waals surface area contributed by atoms with Crippen LogP contribution in [0.25, 0.3) is 0 Å². The van der Waals surface area contributed by atoms with Gasteiger partial charge in [0.05, 0.1) is 18.8 Å². The van der Waals surface area contributed by atoms with Crippen molar-refractivity contribution in [3.63, 3.8) is 0 Å². The number of nitriles is 1. The van der Waals surface area contributed by atoms with E-state index in [0.29, 0.717) is 30.6 Å². The van der Waals surface area contributed by atoms with Crippen molar-refractivity contribution in [3.8, 4) is 6.07 Å². The molecule has 2 fully saturated rings. The van der Waals surface area contributed by atoms with E-state index >= 15 is 0 Å². The molecule has 0 aromatic carbocycles. The van der Waals surface area contributed by atoms with E-state index < -0.39 is 5.54 Å². The van der Waals surface area contributed by atoms with Crippen molar-refractivity contribution in [2.45, 2.75) is 77.0 Å². The highest BCUT2D eigenvalue weighted by Gasteiger charge is 2.46. The van der Waals surface area contributed by atoms with E-state index in [2.05, 4.69) is 32.2 Å². The largest absolute Gasteiger partial charge is 0.375 e. The molecule has 0 aromatic heterocycles. The van der Waals surface area contributed by atoms with Crippen LogP contribution in [-0.2, 0) is 4.74 Å². The summed E-state index contributed by atoms with van der Waals surface area (Å²) in [6.07, 6.45) is 7.72. The van der Waals surface area contributed by atoms with Gasteiger partial charge in [-0.3, -0.25) is 5.32 Å². The maximum absolute atomic E-state index is 9.64. The second kappa shape index (κ2) is 6.24. The Morgan fingerprint density at radius 1 is 1.26 bits per heavy atom. The molecule has 108 valence electrons. The van der Waals surface area contributed by atoms with Crippen LogP contribution in [0.15, 0.2) is 0 Å². The Morgan fingerprint density at radius 3 is 2.47 bits per heavy atom. The Hall–Kier alpha value is -0.590. The van der Waals surface area contributed by atoms with Gasteiger partial charge in [0.15, 0.2) is 0 Å². The molecule has 0 heterocycles. The van der Waals surface area contributed by atoms with Gasteiger partial charge in [-0.1, -0.05) is 19.8 Å². The first-order valence-corrected chi connectivity index (χ1v) is 7.88. The minimum atomic E-state index is -0.453. The minimum absolute atomic E-state index is 0.327. The monoisotopic (exact) mass is 264 g/mol. The molecule has 19 heavy (non-hydrogen) atoms. The van der Waals surface area contributed by atoms with Crippen molar-refractivity contribution in [1.82, 2.24) is 5.32 Å². The molecule has 0 spiro atoms. The first kappa shape index (κ1) is 14.8. The molecule has 0 aliphatic heterocycles. The summed E-state index contributed by atoms with van der Waals surface area (Å²) in [6.45, 7) is 7.06. The van der Waals surface area contributed by atoms with Crippen LogP contribution in [0.2, 0.25) is 0 Å². The number of hydrogen-bond acceptors (Lipinski definition) is 3. The minimum Gasteiger partial charge on any atom is -0.375 e. The maximum atomic E-state index is 9.64. The standard InChI is InChI=1S/C16H28N2O/c1-12(2)18-16(10-17,14-8-9-14)11-19-15-7-5-4-6-13(15)3/h12-15,18H,4-9,11H2,1-3H3. The fourth-order valence-electron chi connectivity index (χ4n) is 3.29. The Balaban J connectivity index is 1.94. The van der Waals surface area contributed by atoms with E-state index in [1.165, 1.54) is 19.3 Å². The number of nitrogens with zero attached hydrogens (tertiary/aromatic N) is 1. The average Bonchev–Trinajstić information content (AvgIpc) is 3.20. The van der Waals surface area contributed by atoms with Gasteiger partial charge in [-0.2, -0.15) is 5.26 Å². The zero-order valence-electron chi connectivity index (χ0n) is 12.6. The van der Waals surface area contributed by atoms with E-state index in [-0.39, 0.29) is 0 Å². The van der Waals surface area contributed by atoms with Crippen LogP contribution in [0, 0.1) is 23.2 Å². The lowest BCUT2D eigenvalue weighted by atomic mass is 9.87. The molecule has 0 radical (unpaired) electrons. The van der Waals surface area contributed by atoms with Crippen molar-refractivity contribution in [3.05, 3.63) is 0 Å². The van der Waals surface area contributed by atoms with E-state index in [1.807, 2.05) is 0 Å². The topological polar surface area (TPSA) is 45.0 Å². The Kier molecular flexibility index (Phi) is 4.86. The fraction of sp³-hybridized carbons (Fsp3) is 0.938. The SMILES string of the molecule is CC(C)NC(C#N)(COC1CCCCC1C)C1CC1. The molecule has 3 heteroatoms. The van der Waals surface area contributed by atoms with Crippen LogP contribution >= 0.6 is 0 Å². The van der Waals surface area contributed by atoms with Crippen molar-refractivity contribution < 1.29 is 4.74 Å². The van der Waals surface area contributed by atoms with Crippen LogP contribution in [0.5, 0.6) is 0 Å². The number of ether oxygens (including phenoxy) is 1. The van der Waals surface area contributed by atoms with Gasteiger partial charge in [-0.05, 0) is 51.4 Å². The van der Waals surface area contributed by atoms with Gasteiger partial charge in [-0.15, -0.1) is 0 Å². The predicted molar refractivity (Wildman–Crippen MR) is 76.7 cm³/mol. The Labute approximate surface area is 117 Å². The third-order valence-corrected chi connectivity index (χ3v) is 4.58. The number of hydrogen-bond donors (Lipinski definition) is 1. The molecular formula is C16H28N2O. The van der Waals surface area contributed by atoms with Crippen molar-refractivity contribution in [2.24, 2.45) is 11.8 Å². The first-order valence-electron chi connectivity index (χ1n) is 7.88. The zero-order valence-corrected chi connectivity index (χ0v) is 12.6. The second-order valence-electron chi connectivity index (χ2n) is 6.77. The van der Waals surface area contributed by atoms with Gasteiger partial charge in [0.25, 0.3) is 0 Å². The van der Waals surface area contributed by atoms with Crippen molar-refractivity contribution >= 4 is 0 Å². The van der Waals surface area contributed by atoms with E-state index in [9.17, 15) is 5.26 Å². The molecule has 2 rings (SSSR count). The highest BCUT2D eigenvalue weighted by molar-refractivity contribution is 5.16. The average molecular weight is 264 g/mol. The highest BCUT2D eigenvalue weighted by atomic mass is 16.5. The van der Waals surface area contributed by atoms with E-state index in [0.717, 1.165) is 19.3 Å². The Morgan fingerprint density at radius 2 is 1.95 bits per heavy atom. The second-order valence-corrected chi connectivity index (χ2v) is 6.77. The van der Waals surface area contributed by atoms with Gasteiger partial charge in [0, 0.05) is 6.04 Å². The zero-order chi connectivity index (χ0) is 13.9. The lowest BCUT2D eigenvalue weighted by molar-refractivity contribution is -0.0302. The molecular weight excluding hydrogens is 236 g/mol. The predicted octanol–water partition coefficient (Wildman–Crippen LogP) is 3.25. The third kappa shape index (κ3) is 3.70. The molecule has 2 saturated carbocycles. The van der Waals surface area contributed by atoms with Gasteiger partial charge < -0.3 is 4.74 Å². The lowest BCUT2D eigenvalue weighted by Gasteiger charge is -2.35. The molecule has 1 N–H and O–H groups in total. The maximum Gasteiger partial charge on any atom is 0.133 e. The molecule has 3 atom stereocenters. The van der Waals surface area contributed by atoms with Crippen molar-refractivity contribution in [1.29, 1.82) is 5.26 Å². The summed E-state index contributed by atoms with van der Waals surface area (Å²) in [7, 11) is 0. The van der Waals surface area contributed by atoms with Crippen LogP contribution in [0.4, 0.5) is 0 Å². The summed E-state index contributed by atoms with van der Waals surface area (Å²) in [4.78, 5) is 0. The van der Waals surface area contributed by atoms with Crippen molar-refractivity contribution in [2.75, 3.05) is 6.61 Å². The van der Waals surface area contributed by atoms with Gasteiger partial charge >= 0.3 is 0 Å². The van der Waals surface area contributed by atoms with Crippen LogP contribution < -0.4 is 5.32 Å². The summed E-state index contributed by atoms with van der Waals surface area (Å²) >= 11 is 0. The van der Waals surface area contributed by atoms with Gasteiger partial charge in [0.1, 0.15) is 5.54 Å². The summed E-state index contributed by atoms with van der Waals surface area (Å²) in [5.74, 6) is 1.13. The van der Waals surface area contributed by atoms with Gasteiger partial charge in [0.2, 0.25) is 0 Å². The fourth-order valence-corrected chi connectivity index (χ4v) is 3.29. The van der Waals surface area contributed by atoms with Crippen LogP contribution in [0.1, 0.15) is 59.3 Å². The first-order chi connectivity index (χ1) is 9.07. The summed E-state index contributed by atoms with van der Waals surface area (Å²) in [6, 6.07) is 2.85. The molecule has 2 aliphatic carbocycles. The van der Waals surface area contributed by atoms with Gasteiger partial charge in [-0.25, -0.2) is 0 Å². The van der Waals surface area contributed by atoms with E-state index in [1.54, 1.807) is 0 Å². The Bertz CT molecular complexity index is 332. The number of rotatable bonds is 6. The normalized spacial score (nSPS) is 30.9. The quantitative estimate of drug-likeness (QED) is 0.801. The lowest BCUT2D eigenvalue weighted by Crippen LogP contribution is -2.53. The summed E-state index contributed by atoms with van der Waals surface area (Å²) in [5.41, 5.74) is -0.453. The third-order valence-electron chi connectivity index (χ3n) is 4.58. The molecule has 3 nitrogen and oxygen atoms in total. The molecule has 3 unspecified atom stereocenters. The van der Waals surface area contributed by atoms with E-state index in [4.69, 9.17) is 4.74 Å². The summed E-state index contributed by atoms with van der Waals surface area (Å²) in [5, 5.41) is 13.1. The van der Waals surface area contributed by atoms with Crippen LogP contribution in [-0.4, -0.2) is 24.3 Å². The molecule has 0 saturated heterocycles. The summed E-state index contributed by atoms with van der Waals surface area (Å²) < 4.78 is 6.17. The molecule has 0 amide bonds. The molecule has 0 bridgehead atoms. The van der Waals surface area contributed by atoms with Crippen LogP contribution in [0.3, 0.4) is 0 Å². The smallest absolute Gasteiger partial charge is 0.133 e. The molecule has 0 aromatic rings.